The van der Waals surface area contributed by atoms with Gasteiger partial charge in [-0.05, 0) is 63.4 Å². The van der Waals surface area contributed by atoms with Crippen molar-refractivity contribution in [3.8, 4) is 11.8 Å². The topological polar surface area (TPSA) is 87.2 Å². The number of carbonyl (C=O) groups excluding carboxylic acids is 1. The van der Waals surface area contributed by atoms with Gasteiger partial charge in [-0.3, -0.25) is 9.69 Å². The molecular formula is C27H38Cl2N4O4. The van der Waals surface area contributed by atoms with Crippen molar-refractivity contribution in [3.63, 3.8) is 0 Å². The number of hydrogen-bond donors (Lipinski definition) is 2. The van der Waals surface area contributed by atoms with Gasteiger partial charge in [0.25, 0.3) is 5.91 Å². The molecule has 204 valence electrons. The minimum atomic E-state index is -0.656. The molecule has 1 atom stereocenters. The first-order valence-corrected chi connectivity index (χ1v) is 12.7. The van der Waals surface area contributed by atoms with Crippen LogP contribution in [0.3, 0.4) is 0 Å². The van der Waals surface area contributed by atoms with Crippen LogP contribution < -0.4 is 14.8 Å². The summed E-state index contributed by atoms with van der Waals surface area (Å²) >= 11 is 0. The number of amides is 1. The summed E-state index contributed by atoms with van der Waals surface area (Å²) in [5.41, 5.74) is 2.46. The highest BCUT2D eigenvalue weighted by atomic mass is 35.5. The maximum atomic E-state index is 13.4. The fourth-order valence-corrected chi connectivity index (χ4v) is 5.28. The summed E-state index contributed by atoms with van der Waals surface area (Å²) in [6.07, 6.45) is 2.30. The van der Waals surface area contributed by atoms with Crippen molar-refractivity contribution in [2.75, 3.05) is 39.3 Å². The lowest BCUT2D eigenvalue weighted by molar-refractivity contribution is 0.0275. The predicted molar refractivity (Wildman–Crippen MR) is 147 cm³/mol. The predicted octanol–water partition coefficient (Wildman–Crippen LogP) is 3.09. The third-order valence-electron chi connectivity index (χ3n) is 6.98. The van der Waals surface area contributed by atoms with Gasteiger partial charge in [0, 0.05) is 32.2 Å². The van der Waals surface area contributed by atoms with E-state index in [0.717, 1.165) is 45.4 Å². The van der Waals surface area contributed by atoms with Crippen LogP contribution in [0.1, 0.15) is 48.2 Å². The molecule has 1 amide bonds. The van der Waals surface area contributed by atoms with E-state index in [1.54, 1.807) is 17.0 Å². The number of β-amino-alcohol motifs (C(OH)–C–C–N with tert-alkyl or cyclic N) is 1. The van der Waals surface area contributed by atoms with E-state index < -0.39 is 11.7 Å². The highest BCUT2D eigenvalue weighted by Gasteiger charge is 2.36. The first kappa shape index (κ1) is 29.5. The molecular weight excluding hydrogens is 515 g/mol. The Bertz CT molecular complexity index is 1060. The second-order valence-corrected chi connectivity index (χ2v) is 10.5. The average molecular weight is 554 g/mol. The number of halogens is 2. The molecule has 3 aliphatic rings. The van der Waals surface area contributed by atoms with Crippen molar-refractivity contribution >= 4 is 30.7 Å². The van der Waals surface area contributed by atoms with Crippen LogP contribution in [0.2, 0.25) is 0 Å². The largest absolute Gasteiger partial charge is 0.474 e. The van der Waals surface area contributed by atoms with Crippen molar-refractivity contribution in [1.29, 1.82) is 0 Å². The Morgan fingerprint density at radius 3 is 2.62 bits per heavy atom. The van der Waals surface area contributed by atoms with Crippen LogP contribution in [0.25, 0.3) is 0 Å². The van der Waals surface area contributed by atoms with Crippen molar-refractivity contribution in [2.45, 2.75) is 57.5 Å². The lowest BCUT2D eigenvalue weighted by atomic mass is 9.99. The lowest BCUT2D eigenvalue weighted by Gasteiger charge is -2.33. The number of aliphatic hydroxyl groups is 1. The minimum absolute atomic E-state index is 0. The van der Waals surface area contributed by atoms with Gasteiger partial charge in [0.2, 0.25) is 11.8 Å². The molecule has 1 fully saturated rings. The number of carbonyl (C=O) groups is 1. The highest BCUT2D eigenvalue weighted by Crippen LogP contribution is 2.30. The van der Waals surface area contributed by atoms with Gasteiger partial charge >= 0.3 is 0 Å². The SMILES string of the molecule is CC1(C)CN(C[C@H](O)CN2CCc3ccccc3C2)C(=O)c2ccc(OC3CCNCC3)nc2O1.Cl.Cl. The van der Waals surface area contributed by atoms with Gasteiger partial charge < -0.3 is 24.8 Å². The van der Waals surface area contributed by atoms with E-state index in [0.29, 0.717) is 30.4 Å². The molecule has 0 aliphatic carbocycles. The maximum absolute atomic E-state index is 13.4. The summed E-state index contributed by atoms with van der Waals surface area (Å²) < 4.78 is 12.3. The highest BCUT2D eigenvalue weighted by molar-refractivity contribution is 5.97. The van der Waals surface area contributed by atoms with E-state index in [9.17, 15) is 9.90 Å². The van der Waals surface area contributed by atoms with Gasteiger partial charge in [-0.2, -0.15) is 4.98 Å². The van der Waals surface area contributed by atoms with E-state index in [4.69, 9.17) is 9.47 Å². The molecule has 5 rings (SSSR count). The normalized spacial score (nSPS) is 20.3. The smallest absolute Gasteiger partial charge is 0.259 e. The van der Waals surface area contributed by atoms with Crippen molar-refractivity contribution in [1.82, 2.24) is 20.1 Å². The van der Waals surface area contributed by atoms with Crippen LogP contribution in [0.5, 0.6) is 11.8 Å². The number of aliphatic hydroxyl groups excluding tert-OH is 1. The fraction of sp³-hybridized carbons (Fsp3) is 0.556. The molecule has 2 N–H and O–H groups in total. The van der Waals surface area contributed by atoms with Crippen LogP contribution in [0.4, 0.5) is 0 Å². The Kier molecular flexibility index (Phi) is 10.1. The molecule has 1 aromatic carbocycles. The van der Waals surface area contributed by atoms with Crippen LogP contribution in [0, 0.1) is 0 Å². The van der Waals surface area contributed by atoms with E-state index in [2.05, 4.69) is 39.5 Å². The van der Waals surface area contributed by atoms with Crippen LogP contribution in [-0.2, 0) is 13.0 Å². The molecule has 37 heavy (non-hydrogen) atoms. The fourth-order valence-electron chi connectivity index (χ4n) is 5.28. The summed E-state index contributed by atoms with van der Waals surface area (Å²) in [7, 11) is 0. The Morgan fingerprint density at radius 2 is 1.86 bits per heavy atom. The molecule has 8 nitrogen and oxygen atoms in total. The van der Waals surface area contributed by atoms with Crippen LogP contribution in [0.15, 0.2) is 36.4 Å². The summed E-state index contributed by atoms with van der Waals surface area (Å²) in [6.45, 7) is 8.61. The van der Waals surface area contributed by atoms with Gasteiger partial charge in [0.05, 0.1) is 12.6 Å². The molecule has 0 saturated carbocycles. The molecule has 0 bridgehead atoms. The molecule has 0 spiro atoms. The zero-order valence-corrected chi connectivity index (χ0v) is 23.2. The first-order valence-electron chi connectivity index (χ1n) is 12.7. The quantitative estimate of drug-likeness (QED) is 0.569. The van der Waals surface area contributed by atoms with E-state index in [1.807, 2.05) is 13.8 Å². The van der Waals surface area contributed by atoms with Gasteiger partial charge in [-0.1, -0.05) is 24.3 Å². The van der Waals surface area contributed by atoms with Crippen LogP contribution in [-0.4, -0.2) is 82.9 Å². The number of fused-ring (bicyclic) bond motifs is 2. The third-order valence-corrected chi connectivity index (χ3v) is 6.98. The standard InChI is InChI=1S/C27H36N4O4.2ClH/c1-27(2)18-31(17-21(32)16-30-14-11-19-5-3-4-6-20(19)15-30)26(33)23-7-8-24(29-25(23)35-27)34-22-9-12-28-13-10-22;;/h3-8,21-22,28,32H,9-18H2,1-2H3;2*1H/t21-;;/m1../s1. The number of hydrogen-bond acceptors (Lipinski definition) is 7. The molecule has 1 aromatic heterocycles. The van der Waals surface area contributed by atoms with Gasteiger partial charge in [-0.15, -0.1) is 24.8 Å². The number of nitrogens with zero attached hydrogens (tertiary/aromatic N) is 3. The minimum Gasteiger partial charge on any atom is -0.474 e. The molecule has 4 heterocycles. The first-order chi connectivity index (χ1) is 16.9. The molecule has 3 aliphatic heterocycles. The average Bonchev–Trinajstić information content (AvgIpc) is 2.92. The van der Waals surface area contributed by atoms with Crippen molar-refractivity contribution < 1.29 is 19.4 Å². The Balaban J connectivity index is 0.00000190. The van der Waals surface area contributed by atoms with Crippen molar-refractivity contribution in [3.05, 3.63) is 53.1 Å². The van der Waals surface area contributed by atoms with Crippen molar-refractivity contribution in [2.24, 2.45) is 0 Å². The summed E-state index contributed by atoms with van der Waals surface area (Å²) in [5, 5.41) is 14.3. The molecule has 0 unspecified atom stereocenters. The molecule has 1 saturated heterocycles. The molecule has 2 aromatic rings. The number of piperidine rings is 1. The molecule has 0 radical (unpaired) electrons. The number of ether oxygens (including phenoxy) is 2. The Morgan fingerprint density at radius 1 is 1.14 bits per heavy atom. The van der Waals surface area contributed by atoms with Crippen LogP contribution >= 0.6 is 24.8 Å². The summed E-state index contributed by atoms with van der Waals surface area (Å²) in [5.74, 6) is 0.615. The lowest BCUT2D eigenvalue weighted by Crippen LogP contribution is -2.48. The monoisotopic (exact) mass is 552 g/mol. The zero-order valence-electron chi connectivity index (χ0n) is 21.5. The number of aromatic nitrogens is 1. The number of pyridine rings is 1. The van der Waals surface area contributed by atoms with E-state index >= 15 is 0 Å². The third kappa shape index (κ3) is 7.27. The number of rotatable bonds is 6. The maximum Gasteiger partial charge on any atom is 0.259 e. The summed E-state index contributed by atoms with van der Waals surface area (Å²) in [4.78, 5) is 22.0. The Hall–Kier alpha value is -2.10. The van der Waals surface area contributed by atoms with Gasteiger partial charge in [-0.25, -0.2) is 0 Å². The molecule has 10 heteroatoms. The Labute approximate surface area is 231 Å². The zero-order chi connectivity index (χ0) is 24.4. The summed E-state index contributed by atoms with van der Waals surface area (Å²) in [6, 6.07) is 12.0. The number of benzene rings is 1. The second kappa shape index (κ2) is 12.6. The van der Waals surface area contributed by atoms with E-state index in [-0.39, 0.29) is 43.4 Å². The van der Waals surface area contributed by atoms with E-state index in [1.165, 1.54) is 11.1 Å². The van der Waals surface area contributed by atoms with Gasteiger partial charge in [0.15, 0.2) is 0 Å². The van der Waals surface area contributed by atoms with Gasteiger partial charge in [0.1, 0.15) is 17.3 Å². The number of nitrogens with one attached hydrogen (secondary N) is 1. The second-order valence-electron chi connectivity index (χ2n) is 10.5.